The van der Waals surface area contributed by atoms with Crippen molar-refractivity contribution in [2.45, 2.75) is 0 Å². The van der Waals surface area contributed by atoms with Crippen molar-refractivity contribution in [1.29, 1.82) is 0 Å². The first-order valence-electron chi connectivity index (χ1n) is 8.52. The fraction of sp³-hybridized carbons (Fsp3) is 0.263. The van der Waals surface area contributed by atoms with E-state index in [0.717, 1.165) is 37.6 Å². The number of ether oxygens (including phenoxy) is 1. The zero-order chi connectivity index (χ0) is 17.9. The second kappa shape index (κ2) is 7.75. The SMILES string of the molecule is O=C1/C(=C\c2ccc(-c3ccccc3)o2)SC(=S)N1C[NH+]1CCOCC1. The highest BCUT2D eigenvalue weighted by atomic mass is 32.2. The van der Waals surface area contributed by atoms with Gasteiger partial charge in [0.05, 0.1) is 18.1 Å². The van der Waals surface area contributed by atoms with E-state index in [1.807, 2.05) is 42.5 Å². The van der Waals surface area contributed by atoms with Gasteiger partial charge in [-0.25, -0.2) is 4.90 Å². The van der Waals surface area contributed by atoms with Crippen LogP contribution in [0.3, 0.4) is 0 Å². The van der Waals surface area contributed by atoms with E-state index in [1.165, 1.54) is 16.7 Å². The largest absolute Gasteiger partial charge is 0.457 e. The van der Waals surface area contributed by atoms with E-state index >= 15 is 0 Å². The van der Waals surface area contributed by atoms with Crippen molar-refractivity contribution < 1.29 is 18.8 Å². The minimum atomic E-state index is -0.0448. The molecule has 26 heavy (non-hydrogen) atoms. The average molecular weight is 388 g/mol. The number of morpholine rings is 1. The first kappa shape index (κ1) is 17.5. The molecule has 0 radical (unpaired) electrons. The molecule has 2 aliphatic heterocycles. The molecule has 2 aliphatic rings. The van der Waals surface area contributed by atoms with Crippen LogP contribution < -0.4 is 4.90 Å². The molecule has 1 aromatic carbocycles. The third-order valence-electron chi connectivity index (χ3n) is 4.41. The van der Waals surface area contributed by atoms with Gasteiger partial charge >= 0.3 is 0 Å². The van der Waals surface area contributed by atoms with Crippen molar-refractivity contribution in [3.63, 3.8) is 0 Å². The molecule has 4 rings (SSSR count). The lowest BCUT2D eigenvalue weighted by Crippen LogP contribution is -3.15. The molecule has 1 amide bonds. The number of thiocarbonyl (C=S) groups is 1. The monoisotopic (exact) mass is 387 g/mol. The Morgan fingerprint density at radius 2 is 1.92 bits per heavy atom. The summed E-state index contributed by atoms with van der Waals surface area (Å²) in [5, 5.41) is 0. The van der Waals surface area contributed by atoms with Crippen molar-refractivity contribution in [3.05, 3.63) is 53.1 Å². The van der Waals surface area contributed by atoms with Gasteiger partial charge in [-0.15, -0.1) is 0 Å². The quantitative estimate of drug-likeness (QED) is 0.643. The topological polar surface area (TPSA) is 47.1 Å². The number of carbonyl (C=O) groups excluding carboxylic acids is 1. The van der Waals surface area contributed by atoms with Crippen molar-refractivity contribution in [2.75, 3.05) is 33.0 Å². The lowest BCUT2D eigenvalue weighted by Gasteiger charge is -2.27. The number of nitrogens with one attached hydrogen (secondary N) is 1. The standard InChI is InChI=1S/C19H18N2O3S2/c22-18-17(26-19(25)21(18)13-20-8-10-23-11-9-20)12-15-6-7-16(24-15)14-4-2-1-3-5-14/h1-7,12H,8-11,13H2/p+1/b17-12+. The van der Waals surface area contributed by atoms with Gasteiger partial charge in [-0.2, -0.15) is 0 Å². The smallest absolute Gasteiger partial charge is 0.270 e. The number of benzene rings is 1. The number of rotatable bonds is 4. The average Bonchev–Trinajstić information content (AvgIpc) is 3.24. The van der Waals surface area contributed by atoms with Crippen LogP contribution in [0.15, 0.2) is 51.8 Å². The Balaban J connectivity index is 1.48. The Morgan fingerprint density at radius 1 is 1.15 bits per heavy atom. The van der Waals surface area contributed by atoms with Gasteiger partial charge in [-0.1, -0.05) is 54.3 Å². The molecule has 0 saturated carbocycles. The Morgan fingerprint density at radius 3 is 2.69 bits per heavy atom. The summed E-state index contributed by atoms with van der Waals surface area (Å²) in [6.07, 6.45) is 1.78. The number of quaternary nitrogens is 1. The summed E-state index contributed by atoms with van der Waals surface area (Å²) in [7, 11) is 0. The van der Waals surface area contributed by atoms with Crippen LogP contribution in [0.2, 0.25) is 0 Å². The summed E-state index contributed by atoms with van der Waals surface area (Å²) in [6, 6.07) is 13.7. The van der Waals surface area contributed by atoms with E-state index in [0.29, 0.717) is 21.7 Å². The van der Waals surface area contributed by atoms with Crippen molar-refractivity contribution in [2.24, 2.45) is 0 Å². The highest BCUT2D eigenvalue weighted by molar-refractivity contribution is 8.26. The number of hydrogen-bond acceptors (Lipinski definition) is 5. The molecule has 0 aliphatic carbocycles. The van der Waals surface area contributed by atoms with Gasteiger partial charge in [0.1, 0.15) is 24.6 Å². The van der Waals surface area contributed by atoms with E-state index in [1.54, 1.807) is 11.0 Å². The second-order valence-corrected chi connectivity index (χ2v) is 7.87. The van der Waals surface area contributed by atoms with Crippen LogP contribution in [0.5, 0.6) is 0 Å². The first-order chi connectivity index (χ1) is 12.7. The van der Waals surface area contributed by atoms with E-state index in [2.05, 4.69) is 0 Å². The highest BCUT2D eigenvalue weighted by Crippen LogP contribution is 2.33. The predicted octanol–water partition coefficient (Wildman–Crippen LogP) is 2.02. The number of amides is 1. The number of nitrogens with zero attached hydrogens (tertiary/aromatic N) is 1. The molecule has 2 aromatic rings. The molecular formula is C19H19N2O3S2+. The third kappa shape index (κ3) is 3.76. The van der Waals surface area contributed by atoms with Gasteiger partial charge < -0.3 is 14.1 Å². The fourth-order valence-electron chi connectivity index (χ4n) is 3.00. The number of thioether (sulfide) groups is 1. The normalized spacial score (nSPS) is 20.3. The molecule has 1 aromatic heterocycles. The first-order valence-corrected chi connectivity index (χ1v) is 9.75. The summed E-state index contributed by atoms with van der Waals surface area (Å²) >= 11 is 6.75. The molecule has 134 valence electrons. The number of hydrogen-bond donors (Lipinski definition) is 1. The third-order valence-corrected chi connectivity index (χ3v) is 5.79. The Kier molecular flexibility index (Phi) is 5.21. The summed E-state index contributed by atoms with van der Waals surface area (Å²) in [4.78, 5) is 16.3. The molecule has 0 atom stereocenters. The molecular weight excluding hydrogens is 368 g/mol. The van der Waals surface area contributed by atoms with Gasteiger partial charge in [0, 0.05) is 11.6 Å². The summed E-state index contributed by atoms with van der Waals surface area (Å²) in [5.41, 5.74) is 1.01. The molecule has 5 nitrogen and oxygen atoms in total. The van der Waals surface area contributed by atoms with Crippen molar-refractivity contribution >= 4 is 40.3 Å². The molecule has 0 unspecified atom stereocenters. The molecule has 2 saturated heterocycles. The van der Waals surface area contributed by atoms with Crippen LogP contribution >= 0.6 is 24.0 Å². The lowest BCUT2D eigenvalue weighted by atomic mass is 10.2. The second-order valence-electron chi connectivity index (χ2n) is 6.20. The van der Waals surface area contributed by atoms with Crippen LogP contribution in [0.1, 0.15) is 5.76 Å². The molecule has 0 spiro atoms. The van der Waals surface area contributed by atoms with Crippen LogP contribution in [0.4, 0.5) is 0 Å². The fourth-order valence-corrected chi connectivity index (χ4v) is 4.23. The van der Waals surface area contributed by atoms with E-state index in [4.69, 9.17) is 21.4 Å². The maximum atomic E-state index is 12.7. The van der Waals surface area contributed by atoms with Gasteiger partial charge in [-0.05, 0) is 12.1 Å². The molecule has 1 N–H and O–H groups in total. The van der Waals surface area contributed by atoms with Crippen LogP contribution in [-0.2, 0) is 9.53 Å². The Labute approximate surface area is 161 Å². The van der Waals surface area contributed by atoms with Crippen LogP contribution in [0.25, 0.3) is 17.4 Å². The highest BCUT2D eigenvalue weighted by Gasteiger charge is 2.35. The molecule has 0 bridgehead atoms. The van der Waals surface area contributed by atoms with Gasteiger partial charge in [0.25, 0.3) is 5.91 Å². The summed E-state index contributed by atoms with van der Waals surface area (Å²) < 4.78 is 11.9. The molecule has 3 heterocycles. The Hall–Kier alpha value is -1.93. The van der Waals surface area contributed by atoms with Gasteiger partial charge in [-0.3, -0.25) is 4.79 Å². The van der Waals surface area contributed by atoms with E-state index < -0.39 is 0 Å². The summed E-state index contributed by atoms with van der Waals surface area (Å²) in [5.74, 6) is 1.39. The minimum absolute atomic E-state index is 0.0448. The molecule has 2 fully saturated rings. The zero-order valence-corrected chi connectivity index (χ0v) is 15.8. The zero-order valence-electron chi connectivity index (χ0n) is 14.1. The van der Waals surface area contributed by atoms with E-state index in [9.17, 15) is 4.79 Å². The van der Waals surface area contributed by atoms with Crippen molar-refractivity contribution in [3.8, 4) is 11.3 Å². The number of furan rings is 1. The maximum absolute atomic E-state index is 12.7. The molecule has 7 heteroatoms. The minimum Gasteiger partial charge on any atom is -0.457 e. The maximum Gasteiger partial charge on any atom is 0.270 e. The summed E-state index contributed by atoms with van der Waals surface area (Å²) in [6.45, 7) is 3.85. The van der Waals surface area contributed by atoms with E-state index in [-0.39, 0.29) is 5.91 Å². The lowest BCUT2D eigenvalue weighted by molar-refractivity contribution is -0.914. The Bertz CT molecular complexity index is 841. The number of carbonyl (C=O) groups is 1. The predicted molar refractivity (Wildman–Crippen MR) is 106 cm³/mol. The van der Waals surface area contributed by atoms with Gasteiger partial charge in [0.15, 0.2) is 11.0 Å². The van der Waals surface area contributed by atoms with Crippen molar-refractivity contribution in [1.82, 2.24) is 4.90 Å². The van der Waals surface area contributed by atoms with Gasteiger partial charge in [0.2, 0.25) is 0 Å². The van der Waals surface area contributed by atoms with Crippen LogP contribution in [0, 0.1) is 0 Å². The van der Waals surface area contributed by atoms with Crippen LogP contribution in [-0.4, -0.2) is 48.1 Å².